The molecule has 112 valence electrons. The number of aryl methyl sites for hydroxylation is 1. The van der Waals surface area contributed by atoms with Crippen molar-refractivity contribution in [1.29, 1.82) is 0 Å². The SMILES string of the molecule is COC(=O)c1cc(C)ccc1NS(=O)(=O)CC(C)CCl. The number of carbonyl (C=O) groups excluding carboxylic acids is 1. The first-order valence-electron chi connectivity index (χ1n) is 6.04. The minimum absolute atomic E-state index is 0.106. The van der Waals surface area contributed by atoms with Gasteiger partial charge in [-0.3, -0.25) is 4.72 Å². The first-order chi connectivity index (χ1) is 9.29. The molecule has 0 amide bonds. The third-order valence-electron chi connectivity index (χ3n) is 2.61. The van der Waals surface area contributed by atoms with Gasteiger partial charge in [-0.15, -0.1) is 11.6 Å². The summed E-state index contributed by atoms with van der Waals surface area (Å²) in [4.78, 5) is 11.7. The fourth-order valence-corrected chi connectivity index (χ4v) is 3.36. The summed E-state index contributed by atoms with van der Waals surface area (Å²) in [5.74, 6) is -0.623. The minimum Gasteiger partial charge on any atom is -0.465 e. The number of benzene rings is 1. The van der Waals surface area contributed by atoms with E-state index in [4.69, 9.17) is 11.6 Å². The molecule has 7 heteroatoms. The number of esters is 1. The molecule has 1 aromatic carbocycles. The van der Waals surface area contributed by atoms with Gasteiger partial charge in [-0.2, -0.15) is 0 Å². The highest BCUT2D eigenvalue weighted by Crippen LogP contribution is 2.20. The zero-order chi connectivity index (χ0) is 15.3. The molecule has 0 saturated heterocycles. The molecule has 1 rings (SSSR count). The fraction of sp³-hybridized carbons (Fsp3) is 0.462. The predicted octanol–water partition coefficient (Wildman–Crippen LogP) is 2.40. The number of hydrogen-bond donors (Lipinski definition) is 1. The van der Waals surface area contributed by atoms with Gasteiger partial charge in [0.05, 0.1) is 24.1 Å². The Hall–Kier alpha value is -1.27. The van der Waals surface area contributed by atoms with Crippen LogP contribution in [0, 0.1) is 12.8 Å². The van der Waals surface area contributed by atoms with Crippen molar-refractivity contribution in [2.75, 3.05) is 23.5 Å². The zero-order valence-corrected chi connectivity index (χ0v) is 13.2. The third-order valence-corrected chi connectivity index (χ3v) is 4.68. The van der Waals surface area contributed by atoms with E-state index in [0.29, 0.717) is 0 Å². The maximum atomic E-state index is 12.0. The van der Waals surface area contributed by atoms with Crippen molar-refractivity contribution < 1.29 is 17.9 Å². The molecular weight excluding hydrogens is 302 g/mol. The molecule has 0 aromatic heterocycles. The highest BCUT2D eigenvalue weighted by Gasteiger charge is 2.19. The summed E-state index contributed by atoms with van der Waals surface area (Å²) in [5, 5.41) is 0. The van der Waals surface area contributed by atoms with E-state index in [2.05, 4.69) is 9.46 Å². The quantitative estimate of drug-likeness (QED) is 0.645. The number of carbonyl (C=O) groups is 1. The van der Waals surface area contributed by atoms with Gasteiger partial charge in [-0.25, -0.2) is 13.2 Å². The lowest BCUT2D eigenvalue weighted by Crippen LogP contribution is -2.23. The van der Waals surface area contributed by atoms with Crippen LogP contribution in [0.1, 0.15) is 22.8 Å². The van der Waals surface area contributed by atoms with Gasteiger partial charge >= 0.3 is 5.97 Å². The molecule has 0 aliphatic rings. The van der Waals surface area contributed by atoms with Crippen molar-refractivity contribution in [2.24, 2.45) is 5.92 Å². The average Bonchev–Trinajstić information content (AvgIpc) is 2.39. The van der Waals surface area contributed by atoms with Crippen LogP contribution < -0.4 is 4.72 Å². The molecule has 1 N–H and O–H groups in total. The number of halogens is 1. The maximum Gasteiger partial charge on any atom is 0.340 e. The Morgan fingerprint density at radius 1 is 1.45 bits per heavy atom. The molecule has 0 heterocycles. The molecule has 0 saturated carbocycles. The van der Waals surface area contributed by atoms with Gasteiger partial charge in [-0.1, -0.05) is 18.6 Å². The van der Waals surface area contributed by atoms with Gasteiger partial charge in [0, 0.05) is 5.88 Å². The van der Waals surface area contributed by atoms with Gasteiger partial charge < -0.3 is 4.74 Å². The Kier molecular flexibility index (Phi) is 5.83. The molecule has 20 heavy (non-hydrogen) atoms. The highest BCUT2D eigenvalue weighted by atomic mass is 35.5. The van der Waals surface area contributed by atoms with E-state index in [0.717, 1.165) is 5.56 Å². The Bertz CT molecular complexity index is 586. The van der Waals surface area contributed by atoms with Gasteiger partial charge in [-0.05, 0) is 25.0 Å². The van der Waals surface area contributed by atoms with Gasteiger partial charge in [0.25, 0.3) is 0 Å². The smallest absolute Gasteiger partial charge is 0.340 e. The van der Waals surface area contributed by atoms with Crippen molar-refractivity contribution in [3.05, 3.63) is 29.3 Å². The van der Waals surface area contributed by atoms with Crippen LogP contribution in [0.2, 0.25) is 0 Å². The van der Waals surface area contributed by atoms with E-state index in [-0.39, 0.29) is 28.8 Å². The van der Waals surface area contributed by atoms with Gasteiger partial charge in [0.2, 0.25) is 10.0 Å². The fourth-order valence-electron chi connectivity index (χ4n) is 1.65. The van der Waals surface area contributed by atoms with E-state index in [1.165, 1.54) is 7.11 Å². The van der Waals surface area contributed by atoms with Crippen molar-refractivity contribution in [3.8, 4) is 0 Å². The van der Waals surface area contributed by atoms with Crippen molar-refractivity contribution in [1.82, 2.24) is 0 Å². The topological polar surface area (TPSA) is 72.5 Å². The number of sulfonamides is 1. The van der Waals surface area contributed by atoms with Crippen molar-refractivity contribution in [3.63, 3.8) is 0 Å². The van der Waals surface area contributed by atoms with Crippen LogP contribution in [-0.4, -0.2) is 33.1 Å². The van der Waals surface area contributed by atoms with E-state index < -0.39 is 16.0 Å². The normalized spacial score (nSPS) is 12.8. The second-order valence-electron chi connectivity index (χ2n) is 4.68. The van der Waals surface area contributed by atoms with Crippen molar-refractivity contribution in [2.45, 2.75) is 13.8 Å². The molecule has 0 fully saturated rings. The monoisotopic (exact) mass is 319 g/mol. The predicted molar refractivity (Wildman–Crippen MR) is 79.8 cm³/mol. The summed E-state index contributed by atoms with van der Waals surface area (Å²) in [5.41, 5.74) is 1.24. The summed E-state index contributed by atoms with van der Waals surface area (Å²) < 4.78 is 31.1. The third kappa shape index (κ3) is 4.68. The van der Waals surface area contributed by atoms with E-state index in [1.54, 1.807) is 32.0 Å². The molecule has 5 nitrogen and oxygen atoms in total. The second-order valence-corrected chi connectivity index (χ2v) is 6.76. The first-order valence-corrected chi connectivity index (χ1v) is 8.23. The summed E-state index contributed by atoms with van der Waals surface area (Å²) in [6.45, 7) is 3.54. The Balaban J connectivity index is 3.06. The Morgan fingerprint density at radius 3 is 2.65 bits per heavy atom. The number of alkyl halides is 1. The molecule has 0 spiro atoms. The molecule has 0 radical (unpaired) electrons. The molecular formula is C13H18ClNO4S. The average molecular weight is 320 g/mol. The minimum atomic E-state index is -3.57. The van der Waals surface area contributed by atoms with Crippen LogP contribution in [0.3, 0.4) is 0 Å². The Morgan fingerprint density at radius 2 is 2.10 bits per heavy atom. The number of nitrogens with one attached hydrogen (secondary N) is 1. The van der Waals surface area contributed by atoms with Crippen LogP contribution in [0.15, 0.2) is 18.2 Å². The van der Waals surface area contributed by atoms with Gasteiger partial charge in [0.15, 0.2) is 0 Å². The number of methoxy groups -OCH3 is 1. The summed E-state index contributed by atoms with van der Waals surface area (Å²) in [7, 11) is -2.32. The lowest BCUT2D eigenvalue weighted by Gasteiger charge is -2.14. The standard InChI is InChI=1S/C13H18ClNO4S/c1-9-4-5-12(11(6-9)13(16)19-3)15-20(17,18)8-10(2)7-14/h4-6,10,15H,7-8H2,1-3H3. The second kappa shape index (κ2) is 6.95. The number of rotatable bonds is 6. The summed E-state index contributed by atoms with van der Waals surface area (Å²) in [6, 6.07) is 4.84. The van der Waals surface area contributed by atoms with E-state index in [1.807, 2.05) is 0 Å². The van der Waals surface area contributed by atoms with Crippen LogP contribution in [0.4, 0.5) is 5.69 Å². The van der Waals surface area contributed by atoms with Crippen LogP contribution in [0.25, 0.3) is 0 Å². The maximum absolute atomic E-state index is 12.0. The highest BCUT2D eigenvalue weighted by molar-refractivity contribution is 7.92. The summed E-state index contributed by atoms with van der Waals surface area (Å²) >= 11 is 5.62. The van der Waals surface area contributed by atoms with E-state index >= 15 is 0 Å². The zero-order valence-electron chi connectivity index (χ0n) is 11.6. The van der Waals surface area contributed by atoms with Crippen LogP contribution >= 0.6 is 11.6 Å². The number of ether oxygens (including phenoxy) is 1. The lowest BCUT2D eigenvalue weighted by atomic mass is 10.1. The molecule has 0 aliphatic carbocycles. The molecule has 0 aliphatic heterocycles. The molecule has 1 atom stereocenters. The van der Waals surface area contributed by atoms with Gasteiger partial charge in [0.1, 0.15) is 0 Å². The number of hydrogen-bond acceptors (Lipinski definition) is 4. The van der Waals surface area contributed by atoms with Crippen LogP contribution in [-0.2, 0) is 14.8 Å². The Labute approximate surface area is 124 Å². The molecule has 1 unspecified atom stereocenters. The van der Waals surface area contributed by atoms with Crippen molar-refractivity contribution >= 4 is 33.3 Å². The largest absolute Gasteiger partial charge is 0.465 e. The lowest BCUT2D eigenvalue weighted by molar-refractivity contribution is 0.0602. The first kappa shape index (κ1) is 16.8. The van der Waals surface area contributed by atoms with Crippen LogP contribution in [0.5, 0.6) is 0 Å². The molecule has 0 bridgehead atoms. The summed E-state index contributed by atoms with van der Waals surface area (Å²) in [6.07, 6.45) is 0. The van der Waals surface area contributed by atoms with E-state index in [9.17, 15) is 13.2 Å². The molecule has 1 aromatic rings. The number of anilines is 1.